The summed E-state index contributed by atoms with van der Waals surface area (Å²) in [4.78, 5) is 31.8. The second kappa shape index (κ2) is 8.89. The molecule has 4 aromatic rings. The minimum atomic E-state index is -4.23. The number of para-hydroxylation sites is 2. The number of carbonyl (C=O) groups is 2. The normalized spacial score (nSPS) is 16.8. The average Bonchev–Trinajstić information content (AvgIpc) is 3.39. The van der Waals surface area contributed by atoms with Crippen molar-refractivity contribution in [3.05, 3.63) is 78.6 Å². The Morgan fingerprint density at radius 1 is 0.973 bits per heavy atom. The van der Waals surface area contributed by atoms with Crippen molar-refractivity contribution >= 4 is 38.6 Å². The maximum absolute atomic E-state index is 13.6. The molecular formula is C27H24FN3O5S. The van der Waals surface area contributed by atoms with Gasteiger partial charge in [0.05, 0.1) is 17.0 Å². The van der Waals surface area contributed by atoms with Crippen LogP contribution in [-0.4, -0.2) is 41.1 Å². The van der Waals surface area contributed by atoms with Crippen molar-refractivity contribution in [1.82, 2.24) is 9.29 Å². The first-order valence-corrected chi connectivity index (χ1v) is 13.0. The van der Waals surface area contributed by atoms with Gasteiger partial charge in [0.1, 0.15) is 17.4 Å². The van der Waals surface area contributed by atoms with E-state index in [1.165, 1.54) is 0 Å². The summed E-state index contributed by atoms with van der Waals surface area (Å²) in [6.07, 6.45) is -0.316. The van der Waals surface area contributed by atoms with Crippen molar-refractivity contribution in [2.45, 2.75) is 43.7 Å². The third-order valence-corrected chi connectivity index (χ3v) is 8.29. The lowest BCUT2D eigenvalue weighted by atomic mass is 10.1. The first kappa shape index (κ1) is 24.8. The maximum atomic E-state index is 13.6. The Hall–Kier alpha value is -3.89. The molecule has 0 saturated carbocycles. The highest BCUT2D eigenvalue weighted by atomic mass is 32.2. The van der Waals surface area contributed by atoms with E-state index < -0.39 is 39.2 Å². The number of rotatable bonds is 5. The Morgan fingerprint density at radius 3 is 2.24 bits per heavy atom. The van der Waals surface area contributed by atoms with Crippen LogP contribution in [0.15, 0.2) is 82.1 Å². The minimum Gasteiger partial charge on any atom is -0.436 e. The zero-order chi connectivity index (χ0) is 26.5. The van der Waals surface area contributed by atoms with Crippen LogP contribution >= 0.6 is 0 Å². The van der Waals surface area contributed by atoms with Gasteiger partial charge in [0, 0.05) is 11.1 Å². The van der Waals surface area contributed by atoms with Crippen molar-refractivity contribution in [3.63, 3.8) is 0 Å². The van der Waals surface area contributed by atoms with Crippen molar-refractivity contribution in [1.29, 1.82) is 0 Å². The van der Waals surface area contributed by atoms with E-state index in [4.69, 9.17) is 4.42 Å². The van der Waals surface area contributed by atoms with Crippen LogP contribution in [0, 0.1) is 5.82 Å². The number of fused-ring (bicyclic) bond motifs is 1. The van der Waals surface area contributed by atoms with Crippen LogP contribution < -0.4 is 4.90 Å². The molecule has 190 valence electrons. The molecule has 1 atom stereocenters. The fourth-order valence-electron chi connectivity index (χ4n) is 4.53. The van der Waals surface area contributed by atoms with E-state index in [1.807, 2.05) is 24.3 Å². The van der Waals surface area contributed by atoms with Gasteiger partial charge in [-0.1, -0.05) is 12.1 Å². The first-order chi connectivity index (χ1) is 17.5. The molecule has 37 heavy (non-hydrogen) atoms. The zero-order valence-corrected chi connectivity index (χ0v) is 21.2. The van der Waals surface area contributed by atoms with Crippen LogP contribution in [0.3, 0.4) is 0 Å². The second-order valence-electron chi connectivity index (χ2n) is 9.75. The lowest BCUT2D eigenvalue weighted by molar-refractivity contribution is -0.122. The highest BCUT2D eigenvalue weighted by Crippen LogP contribution is 2.35. The summed E-state index contributed by atoms with van der Waals surface area (Å²) in [5.74, 6) is -1.36. The molecule has 0 N–H and O–H groups in total. The van der Waals surface area contributed by atoms with Gasteiger partial charge in [0.15, 0.2) is 5.58 Å². The number of carbonyl (C=O) groups excluding carboxylic acids is 2. The molecule has 1 aromatic heterocycles. The summed E-state index contributed by atoms with van der Waals surface area (Å²) in [5, 5.41) is 0. The molecule has 1 unspecified atom stereocenters. The molecule has 0 bridgehead atoms. The highest BCUT2D eigenvalue weighted by molar-refractivity contribution is 7.89. The van der Waals surface area contributed by atoms with E-state index in [2.05, 4.69) is 4.98 Å². The van der Waals surface area contributed by atoms with Gasteiger partial charge < -0.3 is 4.42 Å². The Bertz CT molecular complexity index is 1570. The number of hydrogen-bond donors (Lipinski definition) is 0. The summed E-state index contributed by atoms with van der Waals surface area (Å²) in [5.41, 5.74) is 1.27. The summed E-state index contributed by atoms with van der Waals surface area (Å²) in [7, 11) is -4.23. The Kier molecular flexibility index (Phi) is 5.96. The fraction of sp³-hybridized carbons (Fsp3) is 0.222. The molecule has 0 radical (unpaired) electrons. The predicted molar refractivity (Wildman–Crippen MR) is 136 cm³/mol. The Balaban J connectivity index is 1.46. The number of hydrogen-bond acceptors (Lipinski definition) is 6. The lowest BCUT2D eigenvalue weighted by Crippen LogP contribution is -2.54. The largest absolute Gasteiger partial charge is 0.436 e. The Labute approximate surface area is 213 Å². The molecule has 1 saturated heterocycles. The van der Waals surface area contributed by atoms with E-state index >= 15 is 0 Å². The van der Waals surface area contributed by atoms with Crippen LogP contribution in [0.4, 0.5) is 10.1 Å². The number of nitrogens with zero attached hydrogens (tertiary/aromatic N) is 3. The molecule has 1 fully saturated rings. The third-order valence-electron chi connectivity index (χ3n) is 6.10. The predicted octanol–water partition coefficient (Wildman–Crippen LogP) is 4.76. The number of halogens is 1. The number of anilines is 1. The average molecular weight is 522 g/mol. The zero-order valence-electron chi connectivity index (χ0n) is 20.4. The van der Waals surface area contributed by atoms with Gasteiger partial charge in [0.25, 0.3) is 5.91 Å². The van der Waals surface area contributed by atoms with Gasteiger partial charge in [-0.25, -0.2) is 22.7 Å². The summed E-state index contributed by atoms with van der Waals surface area (Å²) < 4.78 is 47.4. The molecule has 0 aliphatic carbocycles. The van der Waals surface area contributed by atoms with Crippen molar-refractivity contribution in [2.75, 3.05) is 4.90 Å². The summed E-state index contributed by atoms with van der Waals surface area (Å²) in [6.45, 7) is 4.93. The number of benzene rings is 3. The SMILES string of the molecule is CC(C)(C)N(C1CC(=O)N(c2ccc(-c3nc4ccccc4o3)cc2)C1=O)S(=O)(=O)c1ccc(F)cc1. The molecule has 0 spiro atoms. The standard InChI is InChI=1S/C27H24FN3O5S/c1-27(2,3)31(37(34,35)20-14-10-18(28)11-15-20)22-16-24(32)30(26(22)33)19-12-8-17(9-13-19)25-29-21-6-4-5-7-23(21)36-25/h4-15,22H,16H2,1-3H3. The highest BCUT2D eigenvalue weighted by Gasteiger charge is 2.50. The van der Waals surface area contributed by atoms with Crippen LogP contribution in [0.5, 0.6) is 0 Å². The fourth-order valence-corrected chi connectivity index (χ4v) is 6.46. The lowest BCUT2D eigenvalue weighted by Gasteiger charge is -2.37. The summed E-state index contributed by atoms with van der Waals surface area (Å²) in [6, 6.07) is 17.0. The van der Waals surface area contributed by atoms with E-state index in [0.717, 1.165) is 33.5 Å². The van der Waals surface area contributed by atoms with E-state index in [-0.39, 0.29) is 11.3 Å². The monoisotopic (exact) mass is 521 g/mol. The molecular weight excluding hydrogens is 497 g/mol. The second-order valence-corrected chi connectivity index (χ2v) is 11.6. The molecule has 2 amide bonds. The first-order valence-electron chi connectivity index (χ1n) is 11.6. The van der Waals surface area contributed by atoms with Gasteiger partial charge in [-0.2, -0.15) is 4.31 Å². The summed E-state index contributed by atoms with van der Waals surface area (Å²) >= 11 is 0. The van der Waals surface area contributed by atoms with Crippen LogP contribution in [0.25, 0.3) is 22.6 Å². The molecule has 5 rings (SSSR count). The molecule has 8 nitrogen and oxygen atoms in total. The molecule has 10 heteroatoms. The van der Waals surface area contributed by atoms with E-state index in [0.29, 0.717) is 28.2 Å². The molecule has 1 aliphatic heterocycles. The van der Waals surface area contributed by atoms with Crippen LogP contribution in [-0.2, 0) is 19.6 Å². The van der Waals surface area contributed by atoms with Gasteiger partial charge in [0.2, 0.25) is 21.8 Å². The van der Waals surface area contributed by atoms with Gasteiger partial charge in [-0.05, 0) is 81.4 Å². The van der Waals surface area contributed by atoms with E-state index in [1.54, 1.807) is 45.0 Å². The number of aromatic nitrogens is 1. The van der Waals surface area contributed by atoms with Gasteiger partial charge in [-0.3, -0.25) is 9.59 Å². The minimum absolute atomic E-state index is 0.162. The maximum Gasteiger partial charge on any atom is 0.252 e. The third kappa shape index (κ3) is 4.42. The van der Waals surface area contributed by atoms with Crippen molar-refractivity contribution < 1.29 is 26.8 Å². The van der Waals surface area contributed by atoms with Crippen LogP contribution in [0.2, 0.25) is 0 Å². The number of sulfonamides is 1. The van der Waals surface area contributed by atoms with Gasteiger partial charge in [-0.15, -0.1) is 0 Å². The molecule has 2 heterocycles. The smallest absolute Gasteiger partial charge is 0.252 e. The number of amides is 2. The topological polar surface area (TPSA) is 101 Å². The Morgan fingerprint density at radius 2 is 1.62 bits per heavy atom. The number of oxazole rings is 1. The molecule has 3 aromatic carbocycles. The van der Waals surface area contributed by atoms with E-state index in [9.17, 15) is 22.4 Å². The molecule has 1 aliphatic rings. The van der Waals surface area contributed by atoms with Gasteiger partial charge >= 0.3 is 0 Å². The number of imide groups is 1. The quantitative estimate of drug-likeness (QED) is 0.351. The van der Waals surface area contributed by atoms with Crippen LogP contribution in [0.1, 0.15) is 27.2 Å². The van der Waals surface area contributed by atoms with Crippen molar-refractivity contribution in [2.24, 2.45) is 0 Å². The van der Waals surface area contributed by atoms with Crippen molar-refractivity contribution in [3.8, 4) is 11.5 Å².